The summed E-state index contributed by atoms with van der Waals surface area (Å²) < 4.78 is 6.70. The van der Waals surface area contributed by atoms with Gasteiger partial charge in [-0.3, -0.25) is 9.36 Å². The summed E-state index contributed by atoms with van der Waals surface area (Å²) in [6.07, 6.45) is 1.74. The number of aryl methyl sites for hydroxylation is 2. The van der Waals surface area contributed by atoms with Crippen LogP contribution in [0.3, 0.4) is 0 Å². The number of nitrogens with one attached hydrogen (secondary N) is 1. The Kier molecular flexibility index (Phi) is 4.90. The van der Waals surface area contributed by atoms with Crippen molar-refractivity contribution in [2.24, 2.45) is 0 Å². The molecule has 7 heteroatoms. The molecule has 0 aliphatic carbocycles. The van der Waals surface area contributed by atoms with E-state index in [9.17, 15) is 9.59 Å². The van der Waals surface area contributed by atoms with Crippen LogP contribution in [-0.4, -0.2) is 28.5 Å². The number of hydrogen-bond acceptors (Lipinski definition) is 5. The van der Waals surface area contributed by atoms with E-state index in [1.54, 1.807) is 24.4 Å². The molecule has 26 heavy (non-hydrogen) atoms. The van der Waals surface area contributed by atoms with Crippen LogP contribution >= 0.6 is 11.3 Å². The monoisotopic (exact) mass is 369 g/mol. The standard InChI is InChI=1S/C19H19N3O3S/c1-11-5-6-14(18(24)25-4)10-16(11)21-17(23)15-9-12(2)22(13(15)3)19-20-7-8-26-19/h5-10H,1-4H3,(H,21,23). The van der Waals surface area contributed by atoms with Crippen LogP contribution < -0.4 is 5.32 Å². The lowest BCUT2D eigenvalue weighted by Gasteiger charge is -2.10. The molecular formula is C19H19N3O3S. The first-order valence-corrected chi connectivity index (χ1v) is 8.89. The summed E-state index contributed by atoms with van der Waals surface area (Å²) in [5.41, 5.74) is 4.15. The van der Waals surface area contributed by atoms with Gasteiger partial charge in [-0.1, -0.05) is 6.07 Å². The zero-order valence-electron chi connectivity index (χ0n) is 15.0. The molecule has 0 atom stereocenters. The van der Waals surface area contributed by atoms with Gasteiger partial charge in [-0.25, -0.2) is 9.78 Å². The Balaban J connectivity index is 1.92. The molecule has 0 radical (unpaired) electrons. The lowest BCUT2D eigenvalue weighted by molar-refractivity contribution is 0.0600. The number of esters is 1. The van der Waals surface area contributed by atoms with Crippen LogP contribution in [-0.2, 0) is 4.74 Å². The second-order valence-corrected chi connectivity index (χ2v) is 6.78. The van der Waals surface area contributed by atoms with E-state index < -0.39 is 5.97 Å². The van der Waals surface area contributed by atoms with Gasteiger partial charge in [0.2, 0.25) is 0 Å². The van der Waals surface area contributed by atoms with Gasteiger partial charge in [-0.05, 0) is 44.5 Å². The normalized spacial score (nSPS) is 10.6. The minimum absolute atomic E-state index is 0.231. The molecule has 0 saturated heterocycles. The maximum atomic E-state index is 12.8. The fourth-order valence-corrected chi connectivity index (χ4v) is 3.56. The highest BCUT2D eigenvalue weighted by atomic mass is 32.1. The second kappa shape index (κ2) is 7.13. The fourth-order valence-electron chi connectivity index (χ4n) is 2.80. The van der Waals surface area contributed by atoms with E-state index in [-0.39, 0.29) is 5.91 Å². The van der Waals surface area contributed by atoms with Crippen LogP contribution in [0.15, 0.2) is 35.8 Å². The van der Waals surface area contributed by atoms with Crippen LogP contribution in [0.4, 0.5) is 5.69 Å². The summed E-state index contributed by atoms with van der Waals surface area (Å²) in [6, 6.07) is 6.91. The van der Waals surface area contributed by atoms with Gasteiger partial charge in [-0.2, -0.15) is 0 Å². The zero-order valence-corrected chi connectivity index (χ0v) is 15.8. The van der Waals surface area contributed by atoms with E-state index in [0.29, 0.717) is 16.8 Å². The predicted molar refractivity (Wildman–Crippen MR) is 101 cm³/mol. The number of hydrogen-bond donors (Lipinski definition) is 1. The van der Waals surface area contributed by atoms with Crippen molar-refractivity contribution in [3.8, 4) is 5.13 Å². The van der Waals surface area contributed by atoms with Crippen LogP contribution in [0.25, 0.3) is 5.13 Å². The molecule has 0 unspecified atom stereocenters. The maximum absolute atomic E-state index is 12.8. The quantitative estimate of drug-likeness (QED) is 0.708. The van der Waals surface area contributed by atoms with Gasteiger partial charge in [0.15, 0.2) is 5.13 Å². The molecule has 2 aromatic heterocycles. The van der Waals surface area contributed by atoms with Crippen molar-refractivity contribution in [3.63, 3.8) is 0 Å². The molecule has 2 heterocycles. The predicted octanol–water partition coefficient (Wildman–Crippen LogP) is 3.90. The van der Waals surface area contributed by atoms with Crippen LogP contribution in [0.1, 0.15) is 37.7 Å². The van der Waals surface area contributed by atoms with Crippen LogP contribution in [0, 0.1) is 20.8 Å². The summed E-state index contributed by atoms with van der Waals surface area (Å²) in [4.78, 5) is 28.9. The van der Waals surface area contributed by atoms with E-state index in [1.165, 1.54) is 18.4 Å². The molecule has 3 aromatic rings. The van der Waals surface area contributed by atoms with E-state index in [4.69, 9.17) is 4.74 Å². The first-order valence-electron chi connectivity index (χ1n) is 8.01. The van der Waals surface area contributed by atoms with Crippen molar-refractivity contribution < 1.29 is 14.3 Å². The number of rotatable bonds is 4. The number of carbonyl (C=O) groups is 2. The van der Waals surface area contributed by atoms with Gasteiger partial charge < -0.3 is 10.1 Å². The van der Waals surface area contributed by atoms with Crippen molar-refractivity contribution in [2.45, 2.75) is 20.8 Å². The number of ether oxygens (including phenoxy) is 1. The van der Waals surface area contributed by atoms with Gasteiger partial charge in [0.25, 0.3) is 5.91 Å². The molecule has 0 aliphatic heterocycles. The van der Waals surface area contributed by atoms with E-state index in [2.05, 4.69) is 10.3 Å². The molecule has 0 aliphatic rings. The van der Waals surface area contributed by atoms with Gasteiger partial charge in [0, 0.05) is 28.7 Å². The average Bonchev–Trinajstić information content (AvgIpc) is 3.23. The Bertz CT molecular complexity index is 974. The van der Waals surface area contributed by atoms with E-state index in [1.807, 2.05) is 36.8 Å². The Hall–Kier alpha value is -2.93. The molecule has 0 bridgehead atoms. The largest absolute Gasteiger partial charge is 0.465 e. The highest BCUT2D eigenvalue weighted by Gasteiger charge is 2.19. The third kappa shape index (κ3) is 3.25. The van der Waals surface area contributed by atoms with Crippen LogP contribution in [0.2, 0.25) is 0 Å². The van der Waals surface area contributed by atoms with Gasteiger partial charge in [0.1, 0.15) is 0 Å². The van der Waals surface area contributed by atoms with Crippen LogP contribution in [0.5, 0.6) is 0 Å². The third-order valence-corrected chi connectivity index (χ3v) is 4.95. The number of benzene rings is 1. The Morgan fingerprint density at radius 2 is 1.96 bits per heavy atom. The van der Waals surface area contributed by atoms with Crippen molar-refractivity contribution in [1.29, 1.82) is 0 Å². The second-order valence-electron chi connectivity index (χ2n) is 5.91. The molecular weight excluding hydrogens is 350 g/mol. The molecule has 6 nitrogen and oxygen atoms in total. The SMILES string of the molecule is COC(=O)c1ccc(C)c(NC(=O)c2cc(C)n(-c3nccs3)c2C)c1. The van der Waals surface area contributed by atoms with Crippen molar-refractivity contribution in [2.75, 3.05) is 12.4 Å². The molecule has 3 rings (SSSR count). The highest BCUT2D eigenvalue weighted by molar-refractivity contribution is 7.12. The maximum Gasteiger partial charge on any atom is 0.337 e. The Morgan fingerprint density at radius 1 is 1.19 bits per heavy atom. The Morgan fingerprint density at radius 3 is 2.62 bits per heavy atom. The highest BCUT2D eigenvalue weighted by Crippen LogP contribution is 2.24. The molecule has 134 valence electrons. The fraction of sp³-hybridized carbons (Fsp3) is 0.211. The number of nitrogens with zero attached hydrogens (tertiary/aromatic N) is 2. The number of carbonyl (C=O) groups excluding carboxylic acids is 2. The number of aromatic nitrogens is 2. The number of methoxy groups -OCH3 is 1. The van der Waals surface area contributed by atoms with Crippen molar-refractivity contribution in [1.82, 2.24) is 9.55 Å². The lowest BCUT2D eigenvalue weighted by Crippen LogP contribution is -2.14. The van der Waals surface area contributed by atoms with Gasteiger partial charge >= 0.3 is 5.97 Å². The smallest absolute Gasteiger partial charge is 0.337 e. The molecule has 1 N–H and O–H groups in total. The topological polar surface area (TPSA) is 73.2 Å². The summed E-state index contributed by atoms with van der Waals surface area (Å²) in [5, 5.41) is 5.62. The van der Waals surface area contributed by atoms with E-state index in [0.717, 1.165) is 22.1 Å². The molecule has 1 amide bonds. The third-order valence-electron chi connectivity index (χ3n) is 4.19. The van der Waals surface area contributed by atoms with Gasteiger partial charge in [0.05, 0.1) is 18.2 Å². The van der Waals surface area contributed by atoms with Crippen molar-refractivity contribution in [3.05, 3.63) is 63.9 Å². The summed E-state index contributed by atoms with van der Waals surface area (Å²) in [6.45, 7) is 5.70. The van der Waals surface area contributed by atoms with Crippen molar-refractivity contribution >= 4 is 28.9 Å². The first-order chi connectivity index (χ1) is 12.4. The number of amides is 1. The summed E-state index contributed by atoms with van der Waals surface area (Å²) in [5.74, 6) is -0.673. The lowest BCUT2D eigenvalue weighted by atomic mass is 10.1. The average molecular weight is 369 g/mol. The zero-order chi connectivity index (χ0) is 18.8. The first kappa shape index (κ1) is 17.9. The molecule has 0 fully saturated rings. The number of anilines is 1. The number of thiazole rings is 1. The minimum atomic E-state index is -0.442. The minimum Gasteiger partial charge on any atom is -0.465 e. The molecule has 0 saturated carbocycles. The van der Waals surface area contributed by atoms with E-state index >= 15 is 0 Å². The summed E-state index contributed by atoms with van der Waals surface area (Å²) in [7, 11) is 1.33. The summed E-state index contributed by atoms with van der Waals surface area (Å²) >= 11 is 1.51. The Labute approximate surface area is 155 Å². The van der Waals surface area contributed by atoms with Gasteiger partial charge in [-0.15, -0.1) is 11.3 Å². The molecule has 0 spiro atoms. The molecule has 1 aromatic carbocycles.